The number of aliphatic carboxylic acids is 1. The Morgan fingerprint density at radius 1 is 1.22 bits per heavy atom. The van der Waals surface area contributed by atoms with Gasteiger partial charge in [0.15, 0.2) is 11.6 Å². The van der Waals surface area contributed by atoms with Crippen LogP contribution in [0.5, 0.6) is 5.75 Å². The summed E-state index contributed by atoms with van der Waals surface area (Å²) >= 11 is 0. The average molecular weight is 510 g/mol. The normalized spacial score (nSPS) is 14.2. The molecule has 1 fully saturated rings. The minimum atomic E-state index is -5.08. The quantitative estimate of drug-likeness (QED) is 0.465. The summed E-state index contributed by atoms with van der Waals surface area (Å²) in [5, 5.41) is 11.7. The fraction of sp³-hybridized carbons (Fsp3) is 0.400. The molecule has 194 valence electrons. The molecule has 1 aliphatic rings. The highest BCUT2D eigenvalue weighted by Gasteiger charge is 2.38. The first-order chi connectivity index (χ1) is 17.1. The lowest BCUT2D eigenvalue weighted by Crippen LogP contribution is -2.34. The van der Waals surface area contributed by atoms with Gasteiger partial charge in [0.1, 0.15) is 6.10 Å². The van der Waals surface area contributed by atoms with Crippen molar-refractivity contribution >= 4 is 16.7 Å². The number of piperidine rings is 1. The van der Waals surface area contributed by atoms with Crippen LogP contribution in [-0.4, -0.2) is 46.0 Å². The van der Waals surface area contributed by atoms with Crippen LogP contribution < -0.4 is 15.6 Å². The van der Waals surface area contributed by atoms with Gasteiger partial charge in [-0.1, -0.05) is 19.4 Å². The van der Waals surface area contributed by atoms with Crippen LogP contribution in [0, 0.1) is 5.82 Å². The third-order valence-corrected chi connectivity index (χ3v) is 5.71. The van der Waals surface area contributed by atoms with Crippen molar-refractivity contribution in [2.45, 2.75) is 51.4 Å². The second-order valence-electron chi connectivity index (χ2n) is 8.33. The Morgan fingerprint density at radius 3 is 2.53 bits per heavy atom. The first-order valence-corrected chi connectivity index (χ1v) is 11.6. The number of carbonyl (C=O) groups is 1. The molecule has 36 heavy (non-hydrogen) atoms. The smallest absolute Gasteiger partial charge is 0.487 e. The molecule has 0 unspecified atom stereocenters. The van der Waals surface area contributed by atoms with Gasteiger partial charge in [-0.25, -0.2) is 9.18 Å². The summed E-state index contributed by atoms with van der Waals surface area (Å²) in [4.78, 5) is 25.8. The van der Waals surface area contributed by atoms with Gasteiger partial charge in [-0.2, -0.15) is 13.2 Å². The van der Waals surface area contributed by atoms with Gasteiger partial charge in [-0.05, 0) is 61.5 Å². The fourth-order valence-electron chi connectivity index (χ4n) is 3.82. The molecule has 2 N–H and O–H groups in total. The number of rotatable bonds is 6. The van der Waals surface area contributed by atoms with Crippen LogP contribution in [0.1, 0.15) is 32.6 Å². The van der Waals surface area contributed by atoms with E-state index in [0.29, 0.717) is 11.9 Å². The molecule has 3 heterocycles. The van der Waals surface area contributed by atoms with Crippen molar-refractivity contribution in [2.75, 3.05) is 13.1 Å². The van der Waals surface area contributed by atoms with E-state index in [2.05, 4.69) is 17.2 Å². The maximum atomic E-state index is 14.9. The number of nitrogens with one attached hydrogen (secondary N) is 1. The summed E-state index contributed by atoms with van der Waals surface area (Å²) in [7, 11) is 0. The van der Waals surface area contributed by atoms with Crippen molar-refractivity contribution in [1.82, 2.24) is 14.9 Å². The van der Waals surface area contributed by atoms with Crippen molar-refractivity contribution in [3.05, 3.63) is 59.0 Å². The maximum Gasteiger partial charge on any atom is 0.490 e. The number of nitrogens with zero attached hydrogens (tertiary/aromatic N) is 2. The second kappa shape index (κ2) is 12.0. The van der Waals surface area contributed by atoms with Crippen molar-refractivity contribution in [3.63, 3.8) is 0 Å². The number of aryl methyl sites for hydroxylation is 1. The zero-order valence-electron chi connectivity index (χ0n) is 19.6. The van der Waals surface area contributed by atoms with Crippen LogP contribution in [0.4, 0.5) is 17.6 Å². The highest BCUT2D eigenvalue weighted by Crippen LogP contribution is 2.31. The molecule has 0 amide bonds. The minimum absolute atomic E-state index is 0.0412. The van der Waals surface area contributed by atoms with E-state index in [1.165, 1.54) is 6.07 Å². The molecule has 0 bridgehead atoms. The van der Waals surface area contributed by atoms with E-state index >= 15 is 0 Å². The Labute approximate surface area is 204 Å². The number of aromatic nitrogens is 2. The molecule has 0 aliphatic carbocycles. The number of alkyl halides is 3. The summed E-state index contributed by atoms with van der Waals surface area (Å²) in [5.41, 5.74) is 1.49. The summed E-state index contributed by atoms with van der Waals surface area (Å²) in [6.45, 7) is 4.50. The van der Waals surface area contributed by atoms with Crippen molar-refractivity contribution in [2.24, 2.45) is 0 Å². The predicted octanol–water partition coefficient (Wildman–Crippen LogP) is 4.77. The molecule has 0 radical (unpaired) electrons. The molecule has 1 saturated heterocycles. The van der Waals surface area contributed by atoms with E-state index in [4.69, 9.17) is 14.6 Å². The lowest BCUT2D eigenvalue weighted by atomic mass is 10.0. The van der Waals surface area contributed by atoms with Crippen molar-refractivity contribution in [1.29, 1.82) is 0 Å². The Hall–Kier alpha value is -3.47. The Kier molecular flexibility index (Phi) is 9.03. The summed E-state index contributed by atoms with van der Waals surface area (Å²) in [6.07, 6.45) is 3.69. The van der Waals surface area contributed by atoms with E-state index in [9.17, 15) is 22.4 Å². The van der Waals surface area contributed by atoms with Crippen LogP contribution in [0.15, 0.2) is 47.7 Å². The molecule has 1 aliphatic heterocycles. The van der Waals surface area contributed by atoms with Gasteiger partial charge < -0.3 is 19.7 Å². The number of hydrogen-bond donors (Lipinski definition) is 2. The lowest BCUT2D eigenvalue weighted by molar-refractivity contribution is -0.192. The number of halogens is 4. The molecule has 3 aromatic rings. The van der Waals surface area contributed by atoms with Gasteiger partial charge in [0.25, 0.3) is 5.56 Å². The predicted molar refractivity (Wildman–Crippen MR) is 127 cm³/mol. The van der Waals surface area contributed by atoms with Gasteiger partial charge >= 0.3 is 12.1 Å². The number of fused-ring (bicyclic) bond motifs is 1. The van der Waals surface area contributed by atoms with Gasteiger partial charge in [-0.15, -0.1) is 0 Å². The molecule has 2 aromatic heterocycles. The lowest BCUT2D eigenvalue weighted by Gasteiger charge is -2.24. The third-order valence-electron chi connectivity index (χ3n) is 5.71. The van der Waals surface area contributed by atoms with Crippen LogP contribution in [-0.2, 0) is 11.3 Å². The molecular formula is C25H27F4N3O4. The molecule has 0 saturated carbocycles. The highest BCUT2D eigenvalue weighted by molar-refractivity contribution is 5.95. The Morgan fingerprint density at radius 2 is 1.92 bits per heavy atom. The fourth-order valence-corrected chi connectivity index (χ4v) is 3.82. The van der Waals surface area contributed by atoms with E-state index in [1.807, 2.05) is 18.3 Å². The molecule has 0 atom stereocenters. The minimum Gasteiger partial charge on any atom is -0.487 e. The van der Waals surface area contributed by atoms with Crippen LogP contribution in [0.25, 0.3) is 21.9 Å². The first kappa shape index (κ1) is 27.1. The number of benzene rings is 1. The van der Waals surface area contributed by atoms with E-state index in [-0.39, 0.29) is 23.2 Å². The largest absolute Gasteiger partial charge is 0.490 e. The Bertz CT molecular complexity index is 1250. The number of ether oxygens (including phenoxy) is 1. The van der Waals surface area contributed by atoms with Gasteiger partial charge in [0, 0.05) is 30.7 Å². The maximum absolute atomic E-state index is 14.9. The van der Waals surface area contributed by atoms with Crippen LogP contribution in [0.2, 0.25) is 0 Å². The van der Waals surface area contributed by atoms with Crippen LogP contribution in [0.3, 0.4) is 0 Å². The number of carboxylic acid groups (broad SMARTS) is 1. The van der Waals surface area contributed by atoms with Gasteiger partial charge in [0.2, 0.25) is 0 Å². The number of unbranched alkanes of at least 4 members (excludes halogenated alkanes) is 1. The third kappa shape index (κ3) is 6.81. The number of hydrogen-bond acceptors (Lipinski definition) is 5. The summed E-state index contributed by atoms with van der Waals surface area (Å²) in [6, 6.07) is 6.87. The van der Waals surface area contributed by atoms with Crippen LogP contribution >= 0.6 is 0 Å². The zero-order valence-corrected chi connectivity index (χ0v) is 19.6. The topological polar surface area (TPSA) is 93.5 Å². The number of pyridine rings is 2. The molecule has 1 aromatic carbocycles. The summed E-state index contributed by atoms with van der Waals surface area (Å²) < 4.78 is 54.2. The van der Waals surface area contributed by atoms with E-state index in [0.717, 1.165) is 55.3 Å². The summed E-state index contributed by atoms with van der Waals surface area (Å²) in [5.74, 6) is -2.85. The Balaban J connectivity index is 0.000000454. The standard InChI is InChI=1S/C23H26FN3O2.C2HF3O2/c1-2-3-12-27-15-20(18-8-11-26-14-19(18)23(27)28)16-4-5-22(21(24)13-16)29-17-6-9-25-10-7-17;3-2(4,5)1(6)7/h4-5,8,11,13-15,17,25H,2-3,6-7,9-10,12H2,1H3;(H,6,7). The van der Waals surface area contributed by atoms with Crippen molar-refractivity contribution in [3.8, 4) is 16.9 Å². The SMILES string of the molecule is CCCCn1cc(-c2ccc(OC3CCNCC3)c(F)c2)c2ccncc2c1=O.O=C(O)C(F)(F)F. The van der Waals surface area contributed by atoms with Crippen molar-refractivity contribution < 1.29 is 32.2 Å². The number of carboxylic acids is 1. The molecular weight excluding hydrogens is 482 g/mol. The van der Waals surface area contributed by atoms with Gasteiger partial charge in [0.05, 0.1) is 5.39 Å². The molecule has 4 rings (SSSR count). The van der Waals surface area contributed by atoms with E-state index < -0.39 is 12.1 Å². The molecule has 11 heteroatoms. The van der Waals surface area contributed by atoms with Gasteiger partial charge in [-0.3, -0.25) is 9.78 Å². The molecule has 0 spiro atoms. The first-order valence-electron chi connectivity index (χ1n) is 11.6. The highest BCUT2D eigenvalue weighted by atomic mass is 19.4. The van der Waals surface area contributed by atoms with E-state index in [1.54, 1.807) is 23.0 Å². The molecule has 7 nitrogen and oxygen atoms in total. The second-order valence-corrected chi connectivity index (χ2v) is 8.33. The zero-order chi connectivity index (χ0) is 26.3. The monoisotopic (exact) mass is 509 g/mol. The average Bonchev–Trinajstić information content (AvgIpc) is 2.85.